The predicted molar refractivity (Wildman–Crippen MR) is 111 cm³/mol. The number of carbonyl (C=O) groups is 1. The van der Waals surface area contributed by atoms with Crippen LogP contribution in [0.1, 0.15) is 37.9 Å². The van der Waals surface area contributed by atoms with Gasteiger partial charge in [0.05, 0.1) is 24.0 Å². The molecule has 1 amide bonds. The second-order valence-electron chi connectivity index (χ2n) is 8.03. The third-order valence-electron chi connectivity index (χ3n) is 6.21. The van der Waals surface area contributed by atoms with Gasteiger partial charge in [-0.1, -0.05) is 55.3 Å². The summed E-state index contributed by atoms with van der Waals surface area (Å²) in [5, 5.41) is 9.26. The molecule has 1 aliphatic heterocycles. The van der Waals surface area contributed by atoms with Gasteiger partial charge in [-0.15, -0.1) is 0 Å². The minimum atomic E-state index is 0.0398. The van der Waals surface area contributed by atoms with Crippen molar-refractivity contribution in [3.8, 4) is 11.3 Å². The van der Waals surface area contributed by atoms with E-state index in [0.717, 1.165) is 37.2 Å². The Labute approximate surface area is 164 Å². The highest BCUT2D eigenvalue weighted by Gasteiger charge is 2.37. The maximum absolute atomic E-state index is 12.4. The van der Waals surface area contributed by atoms with E-state index in [4.69, 9.17) is 0 Å². The second-order valence-corrected chi connectivity index (χ2v) is 8.03. The summed E-state index contributed by atoms with van der Waals surface area (Å²) in [5.74, 6) is 1.35. The highest BCUT2D eigenvalue weighted by molar-refractivity contribution is 5.95. The number of nitrogens with one attached hydrogen (secondary N) is 3. The van der Waals surface area contributed by atoms with Gasteiger partial charge in [-0.05, 0) is 30.0 Å². The molecule has 1 saturated heterocycles. The molecule has 3 aromatic rings. The zero-order valence-electron chi connectivity index (χ0n) is 15.9. The predicted octanol–water partition coefficient (Wildman–Crippen LogP) is 3.77. The normalized spacial score (nSPS) is 24.7. The Balaban J connectivity index is 1.28. The Morgan fingerprint density at radius 2 is 1.89 bits per heavy atom. The van der Waals surface area contributed by atoms with E-state index in [9.17, 15) is 4.79 Å². The second kappa shape index (κ2) is 7.40. The topological polar surface area (TPSA) is 69.8 Å². The van der Waals surface area contributed by atoms with Crippen LogP contribution in [0.5, 0.6) is 0 Å². The summed E-state index contributed by atoms with van der Waals surface area (Å²) in [4.78, 5) is 20.5. The number of fused-ring (bicyclic) bond motifs is 2. The van der Waals surface area contributed by atoms with E-state index in [-0.39, 0.29) is 18.0 Å². The quantitative estimate of drug-likeness (QED) is 0.651. The van der Waals surface area contributed by atoms with Crippen molar-refractivity contribution in [3.05, 3.63) is 54.5 Å². The SMILES string of the molecule is O=C1NC(CCc2ncc(-c3cccc4ccccc34)[nH]2)NC2CCCCC12. The highest BCUT2D eigenvalue weighted by Crippen LogP contribution is 2.29. The summed E-state index contributed by atoms with van der Waals surface area (Å²) >= 11 is 0. The summed E-state index contributed by atoms with van der Waals surface area (Å²) < 4.78 is 0. The first kappa shape index (κ1) is 17.4. The molecule has 3 unspecified atom stereocenters. The van der Waals surface area contributed by atoms with Crippen molar-refractivity contribution in [1.82, 2.24) is 20.6 Å². The van der Waals surface area contributed by atoms with Crippen molar-refractivity contribution in [2.75, 3.05) is 0 Å². The smallest absolute Gasteiger partial charge is 0.225 e. The van der Waals surface area contributed by atoms with Gasteiger partial charge >= 0.3 is 0 Å². The Morgan fingerprint density at radius 3 is 2.86 bits per heavy atom. The number of benzene rings is 2. The zero-order valence-corrected chi connectivity index (χ0v) is 15.9. The number of nitrogens with zero attached hydrogens (tertiary/aromatic N) is 1. The lowest BCUT2D eigenvalue weighted by Crippen LogP contribution is -2.62. The molecule has 2 fully saturated rings. The van der Waals surface area contributed by atoms with Crippen LogP contribution in [0.3, 0.4) is 0 Å². The first-order valence-corrected chi connectivity index (χ1v) is 10.4. The molecule has 3 atom stereocenters. The van der Waals surface area contributed by atoms with E-state index in [1.54, 1.807) is 0 Å². The molecule has 1 aliphatic carbocycles. The number of hydrogen-bond acceptors (Lipinski definition) is 3. The molecule has 144 valence electrons. The van der Waals surface area contributed by atoms with E-state index in [1.165, 1.54) is 29.2 Å². The molecular weight excluding hydrogens is 348 g/mol. The van der Waals surface area contributed by atoms with Crippen LogP contribution in [-0.4, -0.2) is 28.1 Å². The van der Waals surface area contributed by atoms with Gasteiger partial charge in [0.25, 0.3) is 0 Å². The first-order valence-electron chi connectivity index (χ1n) is 10.4. The van der Waals surface area contributed by atoms with Crippen LogP contribution in [-0.2, 0) is 11.2 Å². The number of aryl methyl sites for hydroxylation is 1. The first-order chi connectivity index (χ1) is 13.8. The number of carbonyl (C=O) groups excluding carboxylic acids is 1. The Kier molecular flexibility index (Phi) is 4.61. The summed E-state index contributed by atoms with van der Waals surface area (Å²) in [6.45, 7) is 0. The monoisotopic (exact) mass is 374 g/mol. The van der Waals surface area contributed by atoms with E-state index >= 15 is 0 Å². The van der Waals surface area contributed by atoms with E-state index < -0.39 is 0 Å². The standard InChI is InChI=1S/C23H26N4O/c28-23-18-9-3-4-11-19(18)25-22(27-23)13-12-21-24-14-20(26-21)17-10-5-7-15-6-1-2-8-16(15)17/h1-2,5-8,10,14,18-19,22,25H,3-4,9,11-13H2,(H,24,26)(H,27,28). The van der Waals surface area contributed by atoms with E-state index in [1.807, 2.05) is 6.20 Å². The van der Waals surface area contributed by atoms with Gasteiger partial charge in [0.2, 0.25) is 5.91 Å². The summed E-state index contributed by atoms with van der Waals surface area (Å²) in [7, 11) is 0. The highest BCUT2D eigenvalue weighted by atomic mass is 16.2. The van der Waals surface area contributed by atoms with Gasteiger partial charge in [-0.25, -0.2) is 4.98 Å². The van der Waals surface area contributed by atoms with Crippen LogP contribution in [0.4, 0.5) is 0 Å². The molecule has 28 heavy (non-hydrogen) atoms. The van der Waals surface area contributed by atoms with Crippen molar-refractivity contribution in [2.24, 2.45) is 5.92 Å². The molecule has 0 radical (unpaired) electrons. The molecule has 5 heteroatoms. The molecule has 0 bridgehead atoms. The fourth-order valence-electron chi connectivity index (χ4n) is 4.75. The van der Waals surface area contributed by atoms with Crippen LogP contribution in [0.15, 0.2) is 48.7 Å². The van der Waals surface area contributed by atoms with Crippen LogP contribution in [0, 0.1) is 5.92 Å². The molecule has 5 nitrogen and oxygen atoms in total. The van der Waals surface area contributed by atoms with Crippen molar-refractivity contribution < 1.29 is 4.79 Å². The fraction of sp³-hybridized carbons (Fsp3) is 0.391. The summed E-state index contributed by atoms with van der Waals surface area (Å²) in [6.07, 6.45) is 8.13. The third kappa shape index (κ3) is 3.31. The van der Waals surface area contributed by atoms with Gasteiger partial charge in [0.1, 0.15) is 5.82 Å². The van der Waals surface area contributed by atoms with Crippen LogP contribution < -0.4 is 10.6 Å². The molecular formula is C23H26N4O. The Morgan fingerprint density at radius 1 is 1.04 bits per heavy atom. The third-order valence-corrected chi connectivity index (χ3v) is 6.21. The number of amides is 1. The van der Waals surface area contributed by atoms with Crippen LogP contribution >= 0.6 is 0 Å². The number of hydrogen-bond donors (Lipinski definition) is 3. The van der Waals surface area contributed by atoms with Gasteiger partial charge in [0, 0.05) is 18.0 Å². The minimum absolute atomic E-state index is 0.0398. The number of rotatable bonds is 4. The number of H-pyrrole nitrogens is 1. The average molecular weight is 374 g/mol. The fourth-order valence-corrected chi connectivity index (χ4v) is 4.75. The average Bonchev–Trinajstić information content (AvgIpc) is 3.21. The molecule has 5 rings (SSSR count). The number of aromatic amines is 1. The molecule has 2 heterocycles. The van der Waals surface area contributed by atoms with Crippen molar-refractivity contribution in [2.45, 2.75) is 50.7 Å². The van der Waals surface area contributed by atoms with Gasteiger partial charge in [-0.3, -0.25) is 10.1 Å². The largest absolute Gasteiger partial charge is 0.342 e. The molecule has 0 spiro atoms. The minimum Gasteiger partial charge on any atom is -0.342 e. The lowest BCUT2D eigenvalue weighted by molar-refractivity contribution is -0.130. The molecule has 1 saturated carbocycles. The van der Waals surface area contributed by atoms with Gasteiger partial charge in [-0.2, -0.15) is 0 Å². The van der Waals surface area contributed by atoms with Crippen LogP contribution in [0.25, 0.3) is 22.0 Å². The number of aromatic nitrogens is 2. The Hall–Kier alpha value is -2.66. The molecule has 2 aromatic carbocycles. The maximum Gasteiger partial charge on any atom is 0.225 e. The molecule has 2 aliphatic rings. The molecule has 3 N–H and O–H groups in total. The van der Waals surface area contributed by atoms with Gasteiger partial charge in [0.15, 0.2) is 0 Å². The molecule has 1 aromatic heterocycles. The van der Waals surface area contributed by atoms with E-state index in [2.05, 4.69) is 63.1 Å². The van der Waals surface area contributed by atoms with Crippen molar-refractivity contribution in [1.29, 1.82) is 0 Å². The lowest BCUT2D eigenvalue weighted by Gasteiger charge is -2.40. The zero-order chi connectivity index (χ0) is 18.9. The van der Waals surface area contributed by atoms with Crippen molar-refractivity contribution in [3.63, 3.8) is 0 Å². The van der Waals surface area contributed by atoms with Gasteiger partial charge < -0.3 is 10.3 Å². The number of imidazole rings is 1. The lowest BCUT2D eigenvalue weighted by atomic mass is 9.82. The van der Waals surface area contributed by atoms with E-state index in [0.29, 0.717) is 6.04 Å². The summed E-state index contributed by atoms with van der Waals surface area (Å²) in [5.41, 5.74) is 2.21. The summed E-state index contributed by atoms with van der Waals surface area (Å²) in [6, 6.07) is 15.1. The maximum atomic E-state index is 12.4. The van der Waals surface area contributed by atoms with Crippen molar-refractivity contribution >= 4 is 16.7 Å². The van der Waals surface area contributed by atoms with Crippen LogP contribution in [0.2, 0.25) is 0 Å². The Bertz CT molecular complexity index is 990.